The van der Waals surface area contributed by atoms with E-state index < -0.39 is 0 Å². The van der Waals surface area contributed by atoms with E-state index in [1.165, 1.54) is 0 Å². The standard InChI is InChI=1S/C14H26N4O/c1-5-12-7-13(18(6-2)17-12)9-15-10-14(19)16-8-11(3)4/h7,11,15H,5-6,8-10H2,1-4H3,(H,16,19). The summed E-state index contributed by atoms with van der Waals surface area (Å²) in [4.78, 5) is 11.6. The number of hydrogen-bond donors (Lipinski definition) is 2. The van der Waals surface area contributed by atoms with Crippen LogP contribution in [0.3, 0.4) is 0 Å². The molecule has 0 unspecified atom stereocenters. The summed E-state index contributed by atoms with van der Waals surface area (Å²) in [7, 11) is 0. The topological polar surface area (TPSA) is 59.0 Å². The van der Waals surface area contributed by atoms with Crippen LogP contribution < -0.4 is 10.6 Å². The summed E-state index contributed by atoms with van der Waals surface area (Å²) in [6, 6.07) is 2.10. The molecule has 0 spiro atoms. The summed E-state index contributed by atoms with van der Waals surface area (Å²) in [5.41, 5.74) is 2.24. The molecule has 0 saturated heterocycles. The van der Waals surface area contributed by atoms with Crippen LogP contribution in [0.1, 0.15) is 39.1 Å². The van der Waals surface area contributed by atoms with Gasteiger partial charge in [-0.3, -0.25) is 9.48 Å². The number of rotatable bonds is 8. The number of carbonyl (C=O) groups is 1. The highest BCUT2D eigenvalue weighted by Gasteiger charge is 2.06. The van der Waals surface area contributed by atoms with Crippen LogP contribution >= 0.6 is 0 Å². The highest BCUT2D eigenvalue weighted by atomic mass is 16.1. The van der Waals surface area contributed by atoms with Gasteiger partial charge in [-0.15, -0.1) is 0 Å². The Kier molecular flexibility index (Phi) is 6.56. The maximum atomic E-state index is 11.6. The molecular weight excluding hydrogens is 240 g/mol. The zero-order chi connectivity index (χ0) is 14.3. The predicted octanol–water partition coefficient (Wildman–Crippen LogP) is 1.33. The summed E-state index contributed by atoms with van der Waals surface area (Å²) in [6.45, 7) is 11.0. The molecule has 1 aromatic rings. The van der Waals surface area contributed by atoms with Gasteiger partial charge in [-0.1, -0.05) is 20.8 Å². The second-order valence-electron chi connectivity index (χ2n) is 5.10. The average Bonchev–Trinajstić information content (AvgIpc) is 2.79. The molecule has 108 valence electrons. The van der Waals surface area contributed by atoms with E-state index in [-0.39, 0.29) is 5.91 Å². The van der Waals surface area contributed by atoms with Crippen molar-refractivity contribution < 1.29 is 4.79 Å². The van der Waals surface area contributed by atoms with Crippen LogP contribution in [-0.2, 0) is 24.3 Å². The summed E-state index contributed by atoms with van der Waals surface area (Å²) < 4.78 is 1.98. The zero-order valence-corrected chi connectivity index (χ0v) is 12.5. The molecule has 1 amide bonds. The van der Waals surface area contributed by atoms with Crippen LogP contribution in [0.5, 0.6) is 0 Å². The Balaban J connectivity index is 2.36. The fraction of sp³-hybridized carbons (Fsp3) is 0.714. The first-order chi connectivity index (χ1) is 9.06. The fourth-order valence-electron chi connectivity index (χ4n) is 1.79. The van der Waals surface area contributed by atoms with Gasteiger partial charge >= 0.3 is 0 Å². The largest absolute Gasteiger partial charge is 0.355 e. The van der Waals surface area contributed by atoms with Crippen molar-refractivity contribution in [2.45, 2.75) is 47.2 Å². The lowest BCUT2D eigenvalue weighted by atomic mass is 10.2. The van der Waals surface area contributed by atoms with Gasteiger partial charge in [0.15, 0.2) is 0 Å². The van der Waals surface area contributed by atoms with Gasteiger partial charge in [-0.2, -0.15) is 5.10 Å². The van der Waals surface area contributed by atoms with E-state index in [1.54, 1.807) is 0 Å². The van der Waals surface area contributed by atoms with Crippen LogP contribution in [0.4, 0.5) is 0 Å². The van der Waals surface area contributed by atoms with E-state index >= 15 is 0 Å². The third-order valence-corrected chi connectivity index (χ3v) is 2.87. The minimum absolute atomic E-state index is 0.0481. The molecule has 0 saturated carbocycles. The first-order valence-electron chi connectivity index (χ1n) is 7.09. The van der Waals surface area contributed by atoms with Gasteiger partial charge in [0.25, 0.3) is 0 Å². The Morgan fingerprint density at radius 3 is 2.74 bits per heavy atom. The number of hydrogen-bond acceptors (Lipinski definition) is 3. The lowest BCUT2D eigenvalue weighted by Crippen LogP contribution is -2.35. The fourth-order valence-corrected chi connectivity index (χ4v) is 1.79. The van der Waals surface area contributed by atoms with Crippen molar-refractivity contribution >= 4 is 5.91 Å². The molecular formula is C14H26N4O. The molecule has 0 aliphatic carbocycles. The van der Waals surface area contributed by atoms with Crippen molar-refractivity contribution in [2.75, 3.05) is 13.1 Å². The molecule has 2 N–H and O–H groups in total. The van der Waals surface area contributed by atoms with Crippen molar-refractivity contribution in [1.29, 1.82) is 0 Å². The number of aromatic nitrogens is 2. The second kappa shape index (κ2) is 7.94. The zero-order valence-electron chi connectivity index (χ0n) is 12.5. The lowest BCUT2D eigenvalue weighted by Gasteiger charge is -2.09. The molecule has 0 fully saturated rings. The first-order valence-corrected chi connectivity index (χ1v) is 7.09. The van der Waals surface area contributed by atoms with Crippen molar-refractivity contribution in [2.24, 2.45) is 5.92 Å². The lowest BCUT2D eigenvalue weighted by molar-refractivity contribution is -0.120. The van der Waals surface area contributed by atoms with Crippen molar-refractivity contribution in [3.63, 3.8) is 0 Å². The molecule has 0 aliphatic heterocycles. The Bertz CT molecular complexity index is 398. The Morgan fingerprint density at radius 2 is 2.16 bits per heavy atom. The minimum Gasteiger partial charge on any atom is -0.355 e. The summed E-state index contributed by atoms with van der Waals surface area (Å²) >= 11 is 0. The summed E-state index contributed by atoms with van der Waals surface area (Å²) in [5, 5.41) is 10.5. The third-order valence-electron chi connectivity index (χ3n) is 2.87. The van der Waals surface area contributed by atoms with Gasteiger partial charge in [0, 0.05) is 19.6 Å². The van der Waals surface area contributed by atoms with E-state index in [9.17, 15) is 4.79 Å². The van der Waals surface area contributed by atoms with Gasteiger partial charge in [-0.25, -0.2) is 0 Å². The molecule has 0 bridgehead atoms. The quantitative estimate of drug-likeness (QED) is 0.746. The first kappa shape index (κ1) is 15.7. The van der Waals surface area contributed by atoms with Gasteiger partial charge in [0.05, 0.1) is 17.9 Å². The number of aryl methyl sites for hydroxylation is 2. The molecule has 0 aromatic carbocycles. The van der Waals surface area contributed by atoms with Crippen LogP contribution in [0, 0.1) is 5.92 Å². The molecule has 5 nitrogen and oxygen atoms in total. The summed E-state index contributed by atoms with van der Waals surface area (Å²) in [6.07, 6.45) is 0.939. The number of carbonyl (C=O) groups excluding carboxylic acids is 1. The number of nitrogens with zero attached hydrogens (tertiary/aromatic N) is 2. The number of nitrogens with one attached hydrogen (secondary N) is 2. The molecule has 19 heavy (non-hydrogen) atoms. The number of amides is 1. The van der Waals surface area contributed by atoms with Crippen LogP contribution in [0.15, 0.2) is 6.07 Å². The highest BCUT2D eigenvalue weighted by molar-refractivity contribution is 5.77. The van der Waals surface area contributed by atoms with Crippen molar-refractivity contribution in [3.05, 3.63) is 17.5 Å². The van der Waals surface area contributed by atoms with Gasteiger partial charge < -0.3 is 10.6 Å². The van der Waals surface area contributed by atoms with Gasteiger partial charge in [-0.05, 0) is 25.3 Å². The van der Waals surface area contributed by atoms with E-state index in [2.05, 4.69) is 49.5 Å². The SMILES string of the molecule is CCc1cc(CNCC(=O)NCC(C)C)n(CC)n1. The normalized spacial score (nSPS) is 11.0. The van der Waals surface area contributed by atoms with Gasteiger partial charge in [0.1, 0.15) is 0 Å². The Hall–Kier alpha value is -1.36. The highest BCUT2D eigenvalue weighted by Crippen LogP contribution is 2.05. The van der Waals surface area contributed by atoms with Crippen molar-refractivity contribution in [3.8, 4) is 0 Å². The summed E-state index contributed by atoms with van der Waals surface area (Å²) in [5.74, 6) is 0.532. The van der Waals surface area contributed by atoms with Crippen LogP contribution in [0.25, 0.3) is 0 Å². The molecule has 0 radical (unpaired) electrons. The van der Waals surface area contributed by atoms with Crippen LogP contribution in [-0.4, -0.2) is 28.8 Å². The van der Waals surface area contributed by atoms with E-state index in [4.69, 9.17) is 0 Å². The van der Waals surface area contributed by atoms with E-state index in [0.29, 0.717) is 19.0 Å². The smallest absolute Gasteiger partial charge is 0.233 e. The van der Waals surface area contributed by atoms with E-state index in [1.807, 2.05) is 4.68 Å². The van der Waals surface area contributed by atoms with Crippen LogP contribution in [0.2, 0.25) is 0 Å². The third kappa shape index (κ3) is 5.42. The van der Waals surface area contributed by atoms with Gasteiger partial charge in [0.2, 0.25) is 5.91 Å². The molecule has 0 atom stereocenters. The maximum Gasteiger partial charge on any atom is 0.233 e. The average molecular weight is 266 g/mol. The Morgan fingerprint density at radius 1 is 1.42 bits per heavy atom. The monoisotopic (exact) mass is 266 g/mol. The molecule has 1 rings (SSSR count). The van der Waals surface area contributed by atoms with Crippen molar-refractivity contribution in [1.82, 2.24) is 20.4 Å². The Labute approximate surface area is 115 Å². The minimum atomic E-state index is 0.0481. The van der Waals surface area contributed by atoms with E-state index in [0.717, 1.165) is 30.9 Å². The molecule has 1 heterocycles. The maximum absolute atomic E-state index is 11.6. The molecule has 5 heteroatoms. The predicted molar refractivity (Wildman–Crippen MR) is 76.8 cm³/mol. The molecule has 0 aliphatic rings. The second-order valence-corrected chi connectivity index (χ2v) is 5.10. The molecule has 1 aromatic heterocycles.